The zero-order chi connectivity index (χ0) is 22.6. The lowest BCUT2D eigenvalue weighted by molar-refractivity contribution is 0.0734. The fourth-order valence-electron chi connectivity index (χ4n) is 3.02. The summed E-state index contributed by atoms with van der Waals surface area (Å²) in [5.74, 6) is 1.45. The van der Waals surface area contributed by atoms with Crippen LogP contribution in [0.25, 0.3) is 0 Å². The first-order valence-corrected chi connectivity index (χ1v) is 10.8. The number of esters is 1. The lowest BCUT2D eigenvalue weighted by atomic mass is 10.1. The number of carbonyl (C=O) groups is 1. The summed E-state index contributed by atoms with van der Waals surface area (Å²) in [5, 5.41) is 8.84. The van der Waals surface area contributed by atoms with Gasteiger partial charge in [-0.2, -0.15) is 5.26 Å². The Morgan fingerprint density at radius 3 is 2.06 bits per heavy atom. The van der Waals surface area contributed by atoms with Crippen LogP contribution in [-0.4, -0.2) is 12.6 Å². The van der Waals surface area contributed by atoms with E-state index in [1.54, 1.807) is 48.5 Å². The highest BCUT2D eigenvalue weighted by atomic mass is 16.5. The Balaban J connectivity index is 1.46. The third-order valence-corrected chi connectivity index (χ3v) is 4.88. The lowest BCUT2D eigenvalue weighted by Crippen LogP contribution is -2.08. The molecular weight excluding hydrogens is 402 g/mol. The number of nitrogens with zero attached hydrogens (tertiary/aromatic N) is 1. The summed E-state index contributed by atoms with van der Waals surface area (Å²) in [6.45, 7) is 3.25. The molecule has 3 aromatic rings. The normalized spacial score (nSPS) is 10.2. The molecule has 0 atom stereocenters. The molecule has 0 unspecified atom stereocenters. The van der Waals surface area contributed by atoms with Crippen LogP contribution in [0.15, 0.2) is 72.8 Å². The van der Waals surface area contributed by atoms with Crippen molar-refractivity contribution >= 4 is 5.97 Å². The maximum atomic E-state index is 12.4. The van der Waals surface area contributed by atoms with E-state index in [2.05, 4.69) is 13.0 Å². The van der Waals surface area contributed by atoms with E-state index in [1.165, 1.54) is 19.3 Å². The van der Waals surface area contributed by atoms with Gasteiger partial charge in [0.1, 0.15) is 23.9 Å². The molecule has 3 aromatic carbocycles. The van der Waals surface area contributed by atoms with E-state index < -0.39 is 5.97 Å². The predicted octanol–water partition coefficient (Wildman–Crippen LogP) is 6.32. The minimum absolute atomic E-state index is 0.378. The van der Waals surface area contributed by atoms with Crippen molar-refractivity contribution in [3.05, 3.63) is 89.5 Å². The highest BCUT2D eigenvalue weighted by Gasteiger charge is 2.09. The number of hydrogen-bond donors (Lipinski definition) is 0. The molecule has 32 heavy (non-hydrogen) atoms. The quantitative estimate of drug-likeness (QED) is 0.203. The first kappa shape index (κ1) is 22.9. The van der Waals surface area contributed by atoms with Crippen molar-refractivity contribution in [3.63, 3.8) is 0 Å². The maximum absolute atomic E-state index is 12.4. The summed E-state index contributed by atoms with van der Waals surface area (Å²) in [5.41, 5.74) is 2.01. The van der Waals surface area contributed by atoms with E-state index in [4.69, 9.17) is 19.5 Å². The van der Waals surface area contributed by atoms with Crippen LogP contribution in [0.5, 0.6) is 17.2 Å². The van der Waals surface area contributed by atoms with Gasteiger partial charge in [0.2, 0.25) is 0 Å². The summed E-state index contributed by atoms with van der Waals surface area (Å²) in [6, 6.07) is 23.2. The molecule has 0 saturated carbocycles. The molecule has 5 nitrogen and oxygen atoms in total. The number of rotatable bonds is 11. The van der Waals surface area contributed by atoms with Gasteiger partial charge in [0, 0.05) is 0 Å². The summed E-state index contributed by atoms with van der Waals surface area (Å²) < 4.78 is 16.9. The molecule has 0 amide bonds. The van der Waals surface area contributed by atoms with Crippen LogP contribution in [0.1, 0.15) is 54.1 Å². The molecule has 0 heterocycles. The number of carbonyl (C=O) groups excluding carboxylic acids is 1. The number of benzene rings is 3. The average molecular weight is 430 g/mol. The van der Waals surface area contributed by atoms with Crippen molar-refractivity contribution < 1.29 is 19.0 Å². The molecule has 0 aromatic heterocycles. The molecule has 3 rings (SSSR count). The first-order valence-electron chi connectivity index (χ1n) is 10.8. The van der Waals surface area contributed by atoms with Crippen molar-refractivity contribution in [3.8, 4) is 23.3 Å². The molecule has 0 spiro atoms. The van der Waals surface area contributed by atoms with E-state index in [0.29, 0.717) is 35.8 Å². The predicted molar refractivity (Wildman–Crippen MR) is 123 cm³/mol. The van der Waals surface area contributed by atoms with Gasteiger partial charge in [-0.15, -0.1) is 0 Å². The third-order valence-electron chi connectivity index (χ3n) is 4.88. The minimum Gasteiger partial charge on any atom is -0.494 e. The van der Waals surface area contributed by atoms with Crippen molar-refractivity contribution in [2.75, 3.05) is 6.61 Å². The molecule has 0 aliphatic heterocycles. The Morgan fingerprint density at radius 2 is 1.41 bits per heavy atom. The van der Waals surface area contributed by atoms with Gasteiger partial charge in [-0.25, -0.2) is 4.79 Å². The molecule has 164 valence electrons. The van der Waals surface area contributed by atoms with Gasteiger partial charge in [-0.3, -0.25) is 0 Å². The van der Waals surface area contributed by atoms with Crippen molar-refractivity contribution in [1.82, 2.24) is 0 Å². The van der Waals surface area contributed by atoms with E-state index in [-0.39, 0.29) is 0 Å². The SMILES string of the molecule is CCCCCCOc1ccc(OC(=O)c2ccc(OCc3ccc(C#N)cc3)cc2)cc1. The topological polar surface area (TPSA) is 68.6 Å². The number of ether oxygens (including phenoxy) is 3. The Labute approximate surface area is 189 Å². The Kier molecular flexibility index (Phi) is 8.70. The van der Waals surface area contributed by atoms with Crippen LogP contribution in [0.3, 0.4) is 0 Å². The molecule has 0 saturated heterocycles. The maximum Gasteiger partial charge on any atom is 0.343 e. The van der Waals surface area contributed by atoms with E-state index >= 15 is 0 Å². The van der Waals surface area contributed by atoms with Crippen LogP contribution < -0.4 is 14.2 Å². The standard InChI is InChI=1S/C27H27NO4/c1-2-3-4-5-18-30-24-14-16-26(17-15-24)32-27(29)23-10-12-25(13-11-23)31-20-22-8-6-21(19-28)7-9-22/h6-17H,2-5,18,20H2,1H3. The lowest BCUT2D eigenvalue weighted by Gasteiger charge is -2.09. The summed E-state index contributed by atoms with van der Waals surface area (Å²) >= 11 is 0. The van der Waals surface area contributed by atoms with Gasteiger partial charge in [-0.05, 0) is 72.6 Å². The first-order chi connectivity index (χ1) is 15.7. The largest absolute Gasteiger partial charge is 0.494 e. The van der Waals surface area contributed by atoms with Gasteiger partial charge >= 0.3 is 5.97 Å². The average Bonchev–Trinajstić information content (AvgIpc) is 2.84. The second kappa shape index (κ2) is 12.2. The number of unbranched alkanes of at least 4 members (excludes halogenated alkanes) is 3. The van der Waals surface area contributed by atoms with Gasteiger partial charge in [0.05, 0.1) is 23.8 Å². The highest BCUT2D eigenvalue weighted by Crippen LogP contribution is 2.20. The van der Waals surface area contributed by atoms with Crippen LogP contribution in [0, 0.1) is 11.3 Å². The molecule has 0 radical (unpaired) electrons. The Morgan fingerprint density at radius 1 is 0.781 bits per heavy atom. The van der Waals surface area contributed by atoms with Crippen LogP contribution in [0.4, 0.5) is 0 Å². The fourth-order valence-corrected chi connectivity index (χ4v) is 3.02. The Bertz CT molecular complexity index is 1020. The van der Waals surface area contributed by atoms with Crippen LogP contribution in [-0.2, 0) is 6.61 Å². The number of hydrogen-bond acceptors (Lipinski definition) is 5. The number of nitriles is 1. The Hall–Kier alpha value is -3.78. The van der Waals surface area contributed by atoms with Crippen molar-refractivity contribution in [2.24, 2.45) is 0 Å². The molecule has 0 bridgehead atoms. The molecular formula is C27H27NO4. The van der Waals surface area contributed by atoms with Gasteiger partial charge in [0.25, 0.3) is 0 Å². The van der Waals surface area contributed by atoms with Crippen LogP contribution >= 0.6 is 0 Å². The fraction of sp³-hybridized carbons (Fsp3) is 0.259. The highest BCUT2D eigenvalue weighted by molar-refractivity contribution is 5.91. The molecule has 0 aliphatic rings. The molecule has 5 heteroatoms. The van der Waals surface area contributed by atoms with Crippen LogP contribution in [0.2, 0.25) is 0 Å². The van der Waals surface area contributed by atoms with Crippen molar-refractivity contribution in [2.45, 2.75) is 39.2 Å². The minimum atomic E-state index is -0.433. The van der Waals surface area contributed by atoms with E-state index in [9.17, 15) is 4.79 Å². The smallest absolute Gasteiger partial charge is 0.343 e. The van der Waals surface area contributed by atoms with Gasteiger partial charge in [-0.1, -0.05) is 38.3 Å². The molecule has 0 aliphatic carbocycles. The summed E-state index contributed by atoms with van der Waals surface area (Å²) in [7, 11) is 0. The zero-order valence-corrected chi connectivity index (χ0v) is 18.3. The summed E-state index contributed by atoms with van der Waals surface area (Å²) in [4.78, 5) is 12.4. The second-order valence-corrected chi connectivity index (χ2v) is 7.39. The zero-order valence-electron chi connectivity index (χ0n) is 18.3. The second-order valence-electron chi connectivity index (χ2n) is 7.39. The molecule has 0 N–H and O–H groups in total. The summed E-state index contributed by atoms with van der Waals surface area (Å²) in [6.07, 6.45) is 4.64. The molecule has 0 fully saturated rings. The van der Waals surface area contributed by atoms with E-state index in [0.717, 1.165) is 17.7 Å². The van der Waals surface area contributed by atoms with Crippen molar-refractivity contribution in [1.29, 1.82) is 5.26 Å². The third kappa shape index (κ3) is 7.17. The van der Waals surface area contributed by atoms with E-state index in [1.807, 2.05) is 24.3 Å². The van der Waals surface area contributed by atoms with Gasteiger partial charge in [0.15, 0.2) is 0 Å². The monoisotopic (exact) mass is 429 g/mol. The van der Waals surface area contributed by atoms with Gasteiger partial charge < -0.3 is 14.2 Å².